The zero-order valence-corrected chi connectivity index (χ0v) is 11.2. The summed E-state index contributed by atoms with van der Waals surface area (Å²) in [5.41, 5.74) is 0. The molecule has 1 aliphatic carbocycles. The minimum absolute atomic E-state index is 0.140. The molecule has 2 amide bonds. The Balaban J connectivity index is 2.25. The van der Waals surface area contributed by atoms with E-state index in [0.717, 1.165) is 24.8 Å². The number of hydrogen-bond donors (Lipinski definition) is 3. The maximum absolute atomic E-state index is 11.5. The molecule has 19 heavy (non-hydrogen) atoms. The van der Waals surface area contributed by atoms with Crippen molar-refractivity contribution in [2.24, 2.45) is 5.92 Å². The molecule has 104 valence electrons. The molecule has 0 aromatic rings. The number of carbonyl (C=O) groups is 3. The normalized spacial score (nSPS) is 18.6. The molecule has 2 unspecified atom stereocenters. The van der Waals surface area contributed by atoms with Gasteiger partial charge >= 0.3 is 6.03 Å². The second-order valence-electron chi connectivity index (χ2n) is 3.98. The Morgan fingerprint density at radius 2 is 2.26 bits per heavy atom. The van der Waals surface area contributed by atoms with Gasteiger partial charge in [0.25, 0.3) is 0 Å². The van der Waals surface area contributed by atoms with E-state index in [0.29, 0.717) is 12.7 Å². The number of carbonyl (C=O) groups excluding carboxylic acids is 3. The lowest BCUT2D eigenvalue weighted by molar-refractivity contribution is -0.109. The van der Waals surface area contributed by atoms with Gasteiger partial charge in [0.2, 0.25) is 0 Å². The van der Waals surface area contributed by atoms with Crippen molar-refractivity contribution in [1.82, 2.24) is 14.8 Å². The number of urea groups is 1. The largest absolute Gasteiger partial charge is 0.328 e. The molecule has 0 bridgehead atoms. The highest BCUT2D eigenvalue weighted by molar-refractivity contribution is 7.96. The number of amides is 2. The number of allylic oxidation sites excluding steroid dienone is 4. The Morgan fingerprint density at radius 3 is 2.89 bits per heavy atom. The molecule has 0 heterocycles. The quantitative estimate of drug-likeness (QED) is 0.347. The van der Waals surface area contributed by atoms with Crippen LogP contribution in [0.1, 0.15) is 12.8 Å². The average molecular weight is 283 g/mol. The average Bonchev–Trinajstić information content (AvgIpc) is 2.44. The van der Waals surface area contributed by atoms with Crippen molar-refractivity contribution in [3.63, 3.8) is 0 Å². The molecule has 3 N–H and O–H groups in total. The van der Waals surface area contributed by atoms with Gasteiger partial charge in [-0.1, -0.05) is 24.3 Å². The predicted molar refractivity (Wildman–Crippen MR) is 74.2 cm³/mol. The lowest BCUT2D eigenvalue weighted by atomic mass is 9.94. The van der Waals surface area contributed by atoms with Crippen LogP contribution in [0.4, 0.5) is 4.79 Å². The molecule has 2 atom stereocenters. The van der Waals surface area contributed by atoms with Crippen LogP contribution in [0.5, 0.6) is 0 Å². The van der Waals surface area contributed by atoms with Crippen molar-refractivity contribution in [1.29, 1.82) is 0 Å². The molecule has 0 aliphatic heterocycles. The molecule has 1 aliphatic rings. The van der Waals surface area contributed by atoms with E-state index < -0.39 is 12.1 Å². The molecular formula is C12H17N3O3S. The molecule has 0 saturated carbocycles. The lowest BCUT2D eigenvalue weighted by Gasteiger charge is -2.18. The Kier molecular flexibility index (Phi) is 7.60. The van der Waals surface area contributed by atoms with Gasteiger partial charge in [-0.15, -0.1) is 0 Å². The fourth-order valence-electron chi connectivity index (χ4n) is 1.64. The van der Waals surface area contributed by atoms with E-state index in [9.17, 15) is 14.4 Å². The first-order valence-corrected chi connectivity index (χ1v) is 6.75. The molecule has 0 aromatic heterocycles. The molecule has 0 saturated heterocycles. The van der Waals surface area contributed by atoms with Gasteiger partial charge in [0.05, 0.1) is 12.6 Å². The van der Waals surface area contributed by atoms with Crippen LogP contribution in [0.25, 0.3) is 0 Å². The van der Waals surface area contributed by atoms with Crippen molar-refractivity contribution in [2.75, 3.05) is 6.54 Å². The molecular weight excluding hydrogens is 266 g/mol. The molecule has 6 nitrogen and oxygen atoms in total. The monoisotopic (exact) mass is 283 g/mol. The van der Waals surface area contributed by atoms with Gasteiger partial charge in [-0.25, -0.2) is 9.52 Å². The molecule has 0 radical (unpaired) electrons. The summed E-state index contributed by atoms with van der Waals surface area (Å²) in [6.07, 6.45) is 10.8. The van der Waals surface area contributed by atoms with E-state index in [4.69, 9.17) is 0 Å². The van der Waals surface area contributed by atoms with Crippen LogP contribution >= 0.6 is 12.1 Å². The van der Waals surface area contributed by atoms with Crippen molar-refractivity contribution < 1.29 is 14.4 Å². The van der Waals surface area contributed by atoms with Gasteiger partial charge in [-0.2, -0.15) is 0 Å². The highest BCUT2D eigenvalue weighted by atomic mass is 32.2. The van der Waals surface area contributed by atoms with Gasteiger partial charge in [-0.3, -0.25) is 4.72 Å². The highest BCUT2D eigenvalue weighted by Gasteiger charge is 2.16. The SMILES string of the molecule is O=CCNSNC(=O)NC(C=O)CC1C=CC=CC1. The Morgan fingerprint density at radius 1 is 1.42 bits per heavy atom. The molecule has 0 aromatic carbocycles. The summed E-state index contributed by atoms with van der Waals surface area (Å²) >= 11 is 0.900. The summed E-state index contributed by atoms with van der Waals surface area (Å²) in [6.45, 7) is 0.140. The first-order valence-electron chi connectivity index (χ1n) is 5.93. The summed E-state index contributed by atoms with van der Waals surface area (Å²) in [5, 5.41) is 2.57. The number of rotatable bonds is 8. The molecule has 0 fully saturated rings. The first kappa shape index (κ1) is 15.5. The topological polar surface area (TPSA) is 87.3 Å². The summed E-state index contributed by atoms with van der Waals surface area (Å²) in [6, 6.07) is -0.983. The van der Waals surface area contributed by atoms with Crippen molar-refractivity contribution in [3.8, 4) is 0 Å². The number of hydrogen-bond acceptors (Lipinski definition) is 5. The van der Waals surface area contributed by atoms with E-state index in [1.165, 1.54) is 0 Å². The van der Waals surface area contributed by atoms with Crippen LogP contribution in [0, 0.1) is 5.92 Å². The van der Waals surface area contributed by atoms with Gasteiger partial charge in [-0.05, 0) is 18.8 Å². The number of aldehydes is 2. The van der Waals surface area contributed by atoms with Crippen molar-refractivity contribution >= 4 is 30.7 Å². The minimum atomic E-state index is -0.521. The molecule has 0 spiro atoms. The van der Waals surface area contributed by atoms with Crippen molar-refractivity contribution in [3.05, 3.63) is 24.3 Å². The summed E-state index contributed by atoms with van der Waals surface area (Å²) in [7, 11) is 0. The zero-order chi connectivity index (χ0) is 13.9. The predicted octanol–water partition coefficient (Wildman–Crippen LogP) is 0.727. The third-order valence-corrected chi connectivity index (χ3v) is 3.09. The second kappa shape index (κ2) is 9.35. The second-order valence-corrected chi connectivity index (χ2v) is 4.68. The fourth-order valence-corrected chi connectivity index (χ4v) is 2.01. The first-order chi connectivity index (χ1) is 9.26. The molecule has 7 heteroatoms. The minimum Gasteiger partial charge on any atom is -0.328 e. The third kappa shape index (κ3) is 6.78. The van der Waals surface area contributed by atoms with Gasteiger partial charge in [0.15, 0.2) is 0 Å². The highest BCUT2D eigenvalue weighted by Crippen LogP contribution is 2.16. The van der Waals surface area contributed by atoms with Crippen LogP contribution < -0.4 is 14.8 Å². The van der Waals surface area contributed by atoms with Crippen LogP contribution in [0.3, 0.4) is 0 Å². The van der Waals surface area contributed by atoms with Crippen LogP contribution in [-0.2, 0) is 9.59 Å². The van der Waals surface area contributed by atoms with E-state index >= 15 is 0 Å². The van der Waals surface area contributed by atoms with E-state index in [1.54, 1.807) is 0 Å². The Labute approximate surface area is 116 Å². The van der Waals surface area contributed by atoms with Gasteiger partial charge < -0.3 is 14.9 Å². The van der Waals surface area contributed by atoms with E-state index in [-0.39, 0.29) is 12.5 Å². The van der Waals surface area contributed by atoms with Crippen LogP contribution in [0.15, 0.2) is 24.3 Å². The Hall–Kier alpha value is -1.60. The summed E-state index contributed by atoms with van der Waals surface area (Å²) in [4.78, 5) is 32.4. The Bertz CT molecular complexity index is 371. The van der Waals surface area contributed by atoms with Crippen molar-refractivity contribution in [2.45, 2.75) is 18.9 Å². The van der Waals surface area contributed by atoms with Gasteiger partial charge in [0, 0.05) is 12.1 Å². The van der Waals surface area contributed by atoms with E-state index in [2.05, 4.69) is 14.8 Å². The lowest BCUT2D eigenvalue weighted by Crippen LogP contribution is -2.42. The van der Waals surface area contributed by atoms with Crippen LogP contribution in [0.2, 0.25) is 0 Å². The maximum atomic E-state index is 11.5. The van der Waals surface area contributed by atoms with Gasteiger partial charge in [0.1, 0.15) is 12.6 Å². The summed E-state index contributed by atoms with van der Waals surface area (Å²) < 4.78 is 5.03. The molecule has 1 rings (SSSR count). The van der Waals surface area contributed by atoms with Crippen LogP contribution in [-0.4, -0.2) is 31.2 Å². The summed E-state index contributed by atoms with van der Waals surface area (Å²) in [5.74, 6) is 0.265. The smallest absolute Gasteiger partial charge is 0.326 e. The fraction of sp³-hybridized carbons (Fsp3) is 0.417. The third-order valence-electron chi connectivity index (χ3n) is 2.49. The standard InChI is InChI=1S/C12H17N3O3S/c16-7-6-13-19-15-12(18)14-11(9-17)8-10-4-2-1-3-5-10/h1-4,7,9-11,13H,5-6,8H2,(H2,14,15,18). The number of nitrogens with one attached hydrogen (secondary N) is 3. The van der Waals surface area contributed by atoms with E-state index in [1.807, 2.05) is 24.3 Å². The zero-order valence-electron chi connectivity index (χ0n) is 10.4. The maximum Gasteiger partial charge on any atom is 0.326 e.